The Hall–Kier alpha value is -0.294. The summed E-state index contributed by atoms with van der Waals surface area (Å²) in [6.45, 7) is 7.09. The SMILES string of the molecule is CCCCCCC(C(=O)O)(C(=O)O)C(C)(C)C.[MgH2]. The van der Waals surface area contributed by atoms with E-state index in [0.717, 1.165) is 19.3 Å². The standard InChI is InChI=1S/C13H24O4.Mg.2H/c1-5-6-7-8-9-13(10(14)15,11(16)17)12(2,3)4;;;/h5-9H2,1-4H3,(H,14,15)(H,16,17);;;. The number of carbonyl (C=O) groups is 2. The molecule has 0 amide bonds. The van der Waals surface area contributed by atoms with E-state index in [2.05, 4.69) is 6.92 Å². The molecule has 0 aliphatic heterocycles. The Morgan fingerprint density at radius 2 is 1.39 bits per heavy atom. The van der Waals surface area contributed by atoms with Gasteiger partial charge in [-0.25, -0.2) is 0 Å². The maximum Gasteiger partial charge on any atom is 0.321 e. The fraction of sp³-hybridized carbons (Fsp3) is 0.846. The first-order chi connectivity index (χ1) is 7.70. The predicted octanol–water partition coefficient (Wildman–Crippen LogP) is 2.24. The summed E-state index contributed by atoms with van der Waals surface area (Å²) in [7, 11) is 0. The van der Waals surface area contributed by atoms with Crippen molar-refractivity contribution in [3.05, 3.63) is 0 Å². The number of carboxylic acids is 2. The van der Waals surface area contributed by atoms with Crippen molar-refractivity contribution in [2.75, 3.05) is 0 Å². The van der Waals surface area contributed by atoms with Gasteiger partial charge in [0.15, 0.2) is 5.41 Å². The Labute approximate surface area is 125 Å². The van der Waals surface area contributed by atoms with Crippen LogP contribution in [0.5, 0.6) is 0 Å². The van der Waals surface area contributed by atoms with Crippen LogP contribution in [0.25, 0.3) is 0 Å². The summed E-state index contributed by atoms with van der Waals surface area (Å²) in [6.07, 6.45) is 3.78. The summed E-state index contributed by atoms with van der Waals surface area (Å²) in [5.41, 5.74) is -2.47. The van der Waals surface area contributed by atoms with Crippen LogP contribution in [-0.4, -0.2) is 45.2 Å². The Bertz CT molecular complexity index is 267. The van der Waals surface area contributed by atoms with E-state index in [-0.39, 0.29) is 29.5 Å². The van der Waals surface area contributed by atoms with Crippen LogP contribution in [0.3, 0.4) is 0 Å². The van der Waals surface area contributed by atoms with Crippen molar-refractivity contribution in [2.45, 2.75) is 59.8 Å². The molecular formula is C13H26MgO4. The second-order valence-electron chi connectivity index (χ2n) is 5.58. The molecule has 0 unspecified atom stereocenters. The molecule has 18 heavy (non-hydrogen) atoms. The minimum Gasteiger partial charge on any atom is -0.480 e. The van der Waals surface area contributed by atoms with Gasteiger partial charge in [-0.05, 0) is 11.8 Å². The second-order valence-corrected chi connectivity index (χ2v) is 5.58. The van der Waals surface area contributed by atoms with E-state index in [9.17, 15) is 19.8 Å². The molecule has 0 aromatic carbocycles. The summed E-state index contributed by atoms with van der Waals surface area (Å²) in [5, 5.41) is 18.6. The number of rotatable bonds is 7. The first-order valence-corrected chi connectivity index (χ1v) is 6.17. The highest BCUT2D eigenvalue weighted by Gasteiger charge is 2.54. The van der Waals surface area contributed by atoms with Gasteiger partial charge in [-0.3, -0.25) is 9.59 Å². The van der Waals surface area contributed by atoms with Gasteiger partial charge < -0.3 is 10.2 Å². The molecule has 0 spiro atoms. The Morgan fingerprint density at radius 3 is 1.67 bits per heavy atom. The predicted molar refractivity (Wildman–Crippen MR) is 74.5 cm³/mol. The summed E-state index contributed by atoms with van der Waals surface area (Å²) in [6, 6.07) is 0. The molecule has 2 N–H and O–H groups in total. The van der Waals surface area contributed by atoms with E-state index >= 15 is 0 Å². The highest BCUT2D eigenvalue weighted by molar-refractivity contribution is 5.99. The van der Waals surface area contributed by atoms with E-state index in [1.807, 2.05) is 0 Å². The van der Waals surface area contributed by atoms with Crippen LogP contribution in [0.1, 0.15) is 59.8 Å². The van der Waals surface area contributed by atoms with Gasteiger partial charge in [-0.15, -0.1) is 0 Å². The van der Waals surface area contributed by atoms with Crippen molar-refractivity contribution in [1.29, 1.82) is 0 Å². The molecule has 0 aliphatic carbocycles. The zero-order chi connectivity index (χ0) is 13.7. The van der Waals surface area contributed by atoms with Crippen LogP contribution < -0.4 is 0 Å². The fourth-order valence-electron chi connectivity index (χ4n) is 2.14. The molecule has 5 heteroatoms. The van der Waals surface area contributed by atoms with Crippen LogP contribution >= 0.6 is 0 Å². The van der Waals surface area contributed by atoms with Crippen molar-refractivity contribution in [3.63, 3.8) is 0 Å². The van der Waals surface area contributed by atoms with E-state index in [1.54, 1.807) is 20.8 Å². The van der Waals surface area contributed by atoms with Gasteiger partial charge in [-0.1, -0.05) is 53.4 Å². The average molecular weight is 271 g/mol. The maximum atomic E-state index is 11.4. The van der Waals surface area contributed by atoms with Gasteiger partial charge in [0.25, 0.3) is 0 Å². The van der Waals surface area contributed by atoms with Crippen LogP contribution in [0, 0.1) is 10.8 Å². The number of carboxylic acid groups (broad SMARTS) is 2. The van der Waals surface area contributed by atoms with Crippen molar-refractivity contribution in [1.82, 2.24) is 0 Å². The fourth-order valence-corrected chi connectivity index (χ4v) is 2.14. The summed E-state index contributed by atoms with van der Waals surface area (Å²) >= 11 is 0. The van der Waals surface area contributed by atoms with Gasteiger partial charge in [-0.2, -0.15) is 0 Å². The highest BCUT2D eigenvalue weighted by atomic mass is 24.3. The van der Waals surface area contributed by atoms with Gasteiger partial charge in [0.2, 0.25) is 0 Å². The molecule has 0 rings (SSSR count). The molecule has 0 atom stereocenters. The average Bonchev–Trinajstić information content (AvgIpc) is 2.14. The molecule has 0 bridgehead atoms. The first-order valence-electron chi connectivity index (χ1n) is 6.17. The number of hydrogen-bond donors (Lipinski definition) is 2. The van der Waals surface area contributed by atoms with Crippen molar-refractivity contribution in [3.8, 4) is 0 Å². The highest BCUT2D eigenvalue weighted by Crippen LogP contribution is 2.43. The first kappa shape index (κ1) is 20.0. The van der Waals surface area contributed by atoms with Crippen molar-refractivity contribution < 1.29 is 19.8 Å². The molecular weight excluding hydrogens is 244 g/mol. The van der Waals surface area contributed by atoms with Gasteiger partial charge >= 0.3 is 35.0 Å². The topological polar surface area (TPSA) is 74.6 Å². The lowest BCUT2D eigenvalue weighted by molar-refractivity contribution is -0.174. The number of aliphatic carboxylic acids is 2. The van der Waals surface area contributed by atoms with Crippen LogP contribution in [0.4, 0.5) is 0 Å². The Morgan fingerprint density at radius 1 is 0.944 bits per heavy atom. The summed E-state index contributed by atoms with van der Waals surface area (Å²) < 4.78 is 0. The molecule has 0 saturated carbocycles. The van der Waals surface area contributed by atoms with Gasteiger partial charge in [0.1, 0.15) is 0 Å². The Kier molecular flexibility index (Phi) is 8.90. The zero-order valence-electron chi connectivity index (χ0n) is 11.2. The molecule has 0 aromatic rings. The molecule has 0 fully saturated rings. The van der Waals surface area contributed by atoms with Crippen LogP contribution in [-0.2, 0) is 9.59 Å². The lowest BCUT2D eigenvalue weighted by atomic mass is 9.64. The van der Waals surface area contributed by atoms with Gasteiger partial charge in [0.05, 0.1) is 0 Å². The smallest absolute Gasteiger partial charge is 0.321 e. The molecule has 104 valence electrons. The van der Waals surface area contributed by atoms with E-state index in [0.29, 0.717) is 6.42 Å². The molecule has 0 heterocycles. The molecule has 4 nitrogen and oxygen atoms in total. The normalized spacial score (nSPS) is 11.8. The van der Waals surface area contributed by atoms with E-state index < -0.39 is 22.8 Å². The summed E-state index contributed by atoms with van der Waals surface area (Å²) in [5.74, 6) is -2.46. The van der Waals surface area contributed by atoms with E-state index in [1.165, 1.54) is 0 Å². The lowest BCUT2D eigenvalue weighted by Gasteiger charge is -2.37. The maximum absolute atomic E-state index is 11.4. The van der Waals surface area contributed by atoms with Crippen LogP contribution in [0.15, 0.2) is 0 Å². The third kappa shape index (κ3) is 4.43. The second kappa shape index (κ2) is 7.99. The van der Waals surface area contributed by atoms with Crippen molar-refractivity contribution >= 4 is 35.0 Å². The molecule has 0 radical (unpaired) electrons. The summed E-state index contributed by atoms with van der Waals surface area (Å²) in [4.78, 5) is 22.8. The Balaban J connectivity index is 0. The zero-order valence-corrected chi connectivity index (χ0v) is 11.2. The largest absolute Gasteiger partial charge is 0.480 e. The molecule has 0 aliphatic rings. The van der Waals surface area contributed by atoms with Crippen molar-refractivity contribution in [2.24, 2.45) is 10.8 Å². The third-order valence-electron chi connectivity index (χ3n) is 3.42. The quantitative estimate of drug-likeness (QED) is 0.423. The van der Waals surface area contributed by atoms with Crippen LogP contribution in [0.2, 0.25) is 0 Å². The minimum atomic E-state index is -1.68. The molecule has 0 saturated heterocycles. The third-order valence-corrected chi connectivity index (χ3v) is 3.42. The lowest BCUT2D eigenvalue weighted by Crippen LogP contribution is -2.49. The number of unbranched alkanes of at least 4 members (excludes halogenated alkanes) is 3. The van der Waals surface area contributed by atoms with E-state index in [4.69, 9.17) is 0 Å². The minimum absolute atomic E-state index is 0. The number of hydrogen-bond acceptors (Lipinski definition) is 2. The van der Waals surface area contributed by atoms with Gasteiger partial charge in [0, 0.05) is 0 Å². The monoisotopic (exact) mass is 270 g/mol. The molecule has 0 aromatic heterocycles.